The molecule has 2 rings (SSSR count). The van der Waals surface area contributed by atoms with Crippen LogP contribution in [-0.2, 0) is 11.3 Å². The standard InChI is InChI=1S/C16H21N3O2/c1-12-6-13(2)8-15(7-12)21-16-18-10-14(11-19-16)9-17-4-5-20-3/h6-8,10-11,17H,4-5,9H2,1-3H3. The maximum absolute atomic E-state index is 5.68. The van der Waals surface area contributed by atoms with E-state index in [1.807, 2.05) is 26.0 Å². The van der Waals surface area contributed by atoms with Crippen LogP contribution in [0.5, 0.6) is 11.8 Å². The van der Waals surface area contributed by atoms with Crippen molar-refractivity contribution in [3.63, 3.8) is 0 Å². The molecule has 0 aliphatic carbocycles. The molecule has 112 valence electrons. The van der Waals surface area contributed by atoms with Crippen LogP contribution in [0.15, 0.2) is 30.6 Å². The molecule has 2 aromatic rings. The first-order valence-corrected chi connectivity index (χ1v) is 6.94. The predicted molar refractivity (Wildman–Crippen MR) is 81.6 cm³/mol. The lowest BCUT2D eigenvalue weighted by Gasteiger charge is -2.07. The van der Waals surface area contributed by atoms with Crippen molar-refractivity contribution in [2.75, 3.05) is 20.3 Å². The maximum atomic E-state index is 5.68. The van der Waals surface area contributed by atoms with Crippen LogP contribution in [0.2, 0.25) is 0 Å². The largest absolute Gasteiger partial charge is 0.424 e. The lowest BCUT2D eigenvalue weighted by Crippen LogP contribution is -2.18. The molecule has 0 aliphatic heterocycles. The average Bonchev–Trinajstić information content (AvgIpc) is 2.44. The third kappa shape index (κ3) is 5.13. The summed E-state index contributed by atoms with van der Waals surface area (Å²) < 4.78 is 10.6. The third-order valence-corrected chi connectivity index (χ3v) is 2.90. The van der Waals surface area contributed by atoms with Crippen LogP contribution >= 0.6 is 0 Å². The smallest absolute Gasteiger partial charge is 0.321 e. The molecule has 5 heteroatoms. The van der Waals surface area contributed by atoms with Gasteiger partial charge in [0.15, 0.2) is 0 Å². The van der Waals surface area contributed by atoms with Gasteiger partial charge in [-0.05, 0) is 37.1 Å². The molecule has 1 aromatic heterocycles. The van der Waals surface area contributed by atoms with Crippen LogP contribution in [0.3, 0.4) is 0 Å². The number of aromatic nitrogens is 2. The van der Waals surface area contributed by atoms with Crippen molar-refractivity contribution >= 4 is 0 Å². The topological polar surface area (TPSA) is 56.3 Å². The number of rotatable bonds is 7. The third-order valence-electron chi connectivity index (χ3n) is 2.90. The zero-order valence-corrected chi connectivity index (χ0v) is 12.7. The first kappa shape index (κ1) is 15.4. The molecule has 0 spiro atoms. The van der Waals surface area contributed by atoms with E-state index in [-0.39, 0.29) is 0 Å². The number of aryl methyl sites for hydroxylation is 2. The summed E-state index contributed by atoms with van der Waals surface area (Å²) in [5.74, 6) is 0.762. The van der Waals surface area contributed by atoms with Crippen LogP contribution < -0.4 is 10.1 Å². The fraction of sp³-hybridized carbons (Fsp3) is 0.375. The summed E-state index contributed by atoms with van der Waals surface area (Å²) in [5, 5.41) is 3.24. The molecular weight excluding hydrogens is 266 g/mol. The Bertz CT molecular complexity index is 550. The van der Waals surface area contributed by atoms with E-state index in [4.69, 9.17) is 9.47 Å². The molecule has 21 heavy (non-hydrogen) atoms. The number of methoxy groups -OCH3 is 1. The van der Waals surface area contributed by atoms with Gasteiger partial charge in [-0.3, -0.25) is 0 Å². The summed E-state index contributed by atoms with van der Waals surface area (Å²) in [4.78, 5) is 8.46. The molecular formula is C16H21N3O2. The minimum absolute atomic E-state index is 0.362. The lowest BCUT2D eigenvalue weighted by molar-refractivity contribution is 0.199. The molecule has 0 atom stereocenters. The number of nitrogens with one attached hydrogen (secondary N) is 1. The minimum Gasteiger partial charge on any atom is -0.424 e. The SMILES string of the molecule is COCCNCc1cnc(Oc2cc(C)cc(C)c2)nc1. The highest BCUT2D eigenvalue weighted by Gasteiger charge is 2.02. The number of benzene rings is 1. The molecule has 1 aromatic carbocycles. The quantitative estimate of drug-likeness (QED) is 0.793. The van der Waals surface area contributed by atoms with Gasteiger partial charge in [0.2, 0.25) is 0 Å². The van der Waals surface area contributed by atoms with Gasteiger partial charge in [-0.15, -0.1) is 0 Å². The van der Waals surface area contributed by atoms with Crippen molar-refractivity contribution < 1.29 is 9.47 Å². The normalized spacial score (nSPS) is 10.6. The number of ether oxygens (including phenoxy) is 2. The zero-order chi connectivity index (χ0) is 15.1. The summed E-state index contributed by atoms with van der Waals surface area (Å²) >= 11 is 0. The molecule has 0 saturated heterocycles. The van der Waals surface area contributed by atoms with Gasteiger partial charge >= 0.3 is 6.01 Å². The van der Waals surface area contributed by atoms with Gasteiger partial charge in [0.1, 0.15) is 5.75 Å². The molecule has 5 nitrogen and oxygen atoms in total. The van der Waals surface area contributed by atoms with Crippen LogP contribution in [0.4, 0.5) is 0 Å². The Labute approximate surface area is 125 Å². The Kier molecular flexibility index (Phi) is 5.66. The summed E-state index contributed by atoms with van der Waals surface area (Å²) in [6.45, 7) is 6.28. The van der Waals surface area contributed by atoms with Crippen LogP contribution in [-0.4, -0.2) is 30.2 Å². The van der Waals surface area contributed by atoms with E-state index in [9.17, 15) is 0 Å². The summed E-state index contributed by atoms with van der Waals surface area (Å²) in [6, 6.07) is 6.40. The summed E-state index contributed by atoms with van der Waals surface area (Å²) in [7, 11) is 1.68. The second-order valence-corrected chi connectivity index (χ2v) is 4.97. The monoisotopic (exact) mass is 287 g/mol. The highest BCUT2D eigenvalue weighted by Crippen LogP contribution is 2.20. The van der Waals surface area contributed by atoms with Crippen LogP contribution in [0.25, 0.3) is 0 Å². The van der Waals surface area contributed by atoms with Crippen molar-refractivity contribution in [3.8, 4) is 11.8 Å². The lowest BCUT2D eigenvalue weighted by atomic mass is 10.1. The van der Waals surface area contributed by atoms with Crippen molar-refractivity contribution in [2.45, 2.75) is 20.4 Å². The van der Waals surface area contributed by atoms with Gasteiger partial charge in [0.25, 0.3) is 0 Å². The number of hydrogen-bond acceptors (Lipinski definition) is 5. The Morgan fingerprint density at radius 3 is 2.33 bits per heavy atom. The molecule has 1 N–H and O–H groups in total. The maximum Gasteiger partial charge on any atom is 0.321 e. The first-order chi connectivity index (χ1) is 10.2. The van der Waals surface area contributed by atoms with Crippen molar-refractivity contribution in [3.05, 3.63) is 47.3 Å². The Hall–Kier alpha value is -1.98. The van der Waals surface area contributed by atoms with Gasteiger partial charge in [0, 0.05) is 38.2 Å². The van der Waals surface area contributed by atoms with Crippen LogP contribution in [0, 0.1) is 13.8 Å². The molecule has 0 amide bonds. The highest BCUT2D eigenvalue weighted by molar-refractivity contribution is 5.34. The zero-order valence-electron chi connectivity index (χ0n) is 12.7. The Morgan fingerprint density at radius 1 is 1.05 bits per heavy atom. The molecule has 0 unspecified atom stereocenters. The molecule has 0 radical (unpaired) electrons. The Morgan fingerprint density at radius 2 is 1.71 bits per heavy atom. The van der Waals surface area contributed by atoms with Gasteiger partial charge in [-0.25, -0.2) is 9.97 Å². The number of hydrogen-bond donors (Lipinski definition) is 1. The summed E-state index contributed by atoms with van der Waals surface area (Å²) in [6.07, 6.45) is 3.54. The molecule has 1 heterocycles. The van der Waals surface area contributed by atoms with E-state index in [0.29, 0.717) is 19.2 Å². The molecule has 0 fully saturated rings. The van der Waals surface area contributed by atoms with E-state index in [1.54, 1.807) is 19.5 Å². The van der Waals surface area contributed by atoms with Crippen molar-refractivity contribution in [1.29, 1.82) is 0 Å². The van der Waals surface area contributed by atoms with E-state index < -0.39 is 0 Å². The average molecular weight is 287 g/mol. The highest BCUT2D eigenvalue weighted by atomic mass is 16.5. The fourth-order valence-electron chi connectivity index (χ4n) is 1.99. The molecule has 0 bridgehead atoms. The van der Waals surface area contributed by atoms with E-state index in [0.717, 1.165) is 29.0 Å². The molecule has 0 saturated carbocycles. The van der Waals surface area contributed by atoms with E-state index in [1.165, 1.54) is 0 Å². The first-order valence-electron chi connectivity index (χ1n) is 6.94. The predicted octanol–water partition coefficient (Wildman–Crippen LogP) is 2.62. The fourth-order valence-corrected chi connectivity index (χ4v) is 1.99. The number of nitrogens with zero attached hydrogens (tertiary/aromatic N) is 2. The van der Waals surface area contributed by atoms with Gasteiger partial charge in [-0.2, -0.15) is 0 Å². The van der Waals surface area contributed by atoms with Crippen LogP contribution in [0.1, 0.15) is 16.7 Å². The van der Waals surface area contributed by atoms with E-state index in [2.05, 4.69) is 21.4 Å². The summed E-state index contributed by atoms with van der Waals surface area (Å²) in [5.41, 5.74) is 3.33. The molecule has 0 aliphatic rings. The van der Waals surface area contributed by atoms with Crippen molar-refractivity contribution in [2.24, 2.45) is 0 Å². The van der Waals surface area contributed by atoms with E-state index >= 15 is 0 Å². The van der Waals surface area contributed by atoms with Gasteiger partial charge in [0.05, 0.1) is 6.61 Å². The van der Waals surface area contributed by atoms with Crippen molar-refractivity contribution in [1.82, 2.24) is 15.3 Å². The van der Waals surface area contributed by atoms with Gasteiger partial charge < -0.3 is 14.8 Å². The second kappa shape index (κ2) is 7.71. The Balaban J connectivity index is 1.92. The van der Waals surface area contributed by atoms with Gasteiger partial charge in [-0.1, -0.05) is 6.07 Å². The minimum atomic E-state index is 0.362. The second-order valence-electron chi connectivity index (χ2n) is 4.97.